The summed E-state index contributed by atoms with van der Waals surface area (Å²) in [6.45, 7) is 2.56. The van der Waals surface area contributed by atoms with Gasteiger partial charge in [-0.05, 0) is 31.2 Å². The molecule has 0 amide bonds. The average molecular weight is 285 g/mol. The molecule has 1 fully saturated rings. The van der Waals surface area contributed by atoms with Gasteiger partial charge in [0.1, 0.15) is 0 Å². The van der Waals surface area contributed by atoms with Crippen molar-refractivity contribution in [2.75, 3.05) is 25.0 Å². The lowest BCUT2D eigenvalue weighted by Crippen LogP contribution is -2.21. The number of hydrogen-bond donors (Lipinski definition) is 2. The Hall–Kier alpha value is -0.580. The number of nitrogens with zero attached hydrogens (tertiary/aromatic N) is 1. The number of aliphatic hydroxyl groups excluding tert-OH is 1. The molecule has 3 nitrogen and oxygen atoms in total. The number of β-amino-alcohol motifs (C(OH)–C–C–N with tert-alkyl or cyclic N) is 1. The summed E-state index contributed by atoms with van der Waals surface area (Å²) in [7, 11) is 1.94. The lowest BCUT2D eigenvalue weighted by molar-refractivity contribution is 0.198. The molecule has 1 atom stereocenters. The van der Waals surface area contributed by atoms with E-state index in [9.17, 15) is 5.11 Å². The zero-order chi connectivity index (χ0) is 11.5. The van der Waals surface area contributed by atoms with Crippen LogP contribution in [0.25, 0.3) is 0 Å². The van der Waals surface area contributed by atoms with E-state index < -0.39 is 0 Å². The highest BCUT2D eigenvalue weighted by atomic mass is 79.9. The first-order valence-electron chi connectivity index (χ1n) is 5.56. The van der Waals surface area contributed by atoms with E-state index in [1.54, 1.807) is 0 Å². The van der Waals surface area contributed by atoms with Crippen LogP contribution in [0, 0.1) is 0 Å². The number of nitrogens with one attached hydrogen (secondary N) is 1. The molecule has 0 radical (unpaired) electrons. The molecule has 0 bridgehead atoms. The van der Waals surface area contributed by atoms with Gasteiger partial charge in [-0.25, -0.2) is 0 Å². The Morgan fingerprint density at radius 2 is 2.38 bits per heavy atom. The summed E-state index contributed by atoms with van der Waals surface area (Å²) in [5.74, 6) is 0. The lowest BCUT2D eigenvalue weighted by atomic mass is 10.2. The third-order valence-corrected chi connectivity index (χ3v) is 3.67. The first-order chi connectivity index (χ1) is 7.70. The second-order valence-corrected chi connectivity index (χ2v) is 5.05. The summed E-state index contributed by atoms with van der Waals surface area (Å²) < 4.78 is 1.13. The lowest BCUT2D eigenvalue weighted by Gasteiger charge is -2.19. The molecule has 1 unspecified atom stereocenters. The van der Waals surface area contributed by atoms with Gasteiger partial charge in [0.15, 0.2) is 0 Å². The number of anilines is 1. The summed E-state index contributed by atoms with van der Waals surface area (Å²) in [6.07, 6.45) is 0.700. The predicted octanol–water partition coefficient (Wildman–Crippen LogP) is 1.74. The largest absolute Gasteiger partial charge is 0.391 e. The number of halogens is 1. The maximum atomic E-state index is 9.51. The Balaban J connectivity index is 2.14. The van der Waals surface area contributed by atoms with Gasteiger partial charge in [-0.1, -0.05) is 22.0 Å². The van der Waals surface area contributed by atoms with Crippen molar-refractivity contribution in [3.8, 4) is 0 Å². The average Bonchev–Trinajstić information content (AvgIpc) is 2.68. The summed E-state index contributed by atoms with van der Waals surface area (Å²) in [6, 6.07) is 6.38. The fourth-order valence-electron chi connectivity index (χ4n) is 2.04. The molecular formula is C12H17BrN2O. The molecule has 0 saturated carbocycles. The van der Waals surface area contributed by atoms with Crippen molar-refractivity contribution in [2.24, 2.45) is 0 Å². The van der Waals surface area contributed by atoms with Crippen LogP contribution in [0.15, 0.2) is 22.7 Å². The topological polar surface area (TPSA) is 35.5 Å². The van der Waals surface area contributed by atoms with Crippen molar-refractivity contribution in [3.05, 3.63) is 28.2 Å². The number of aliphatic hydroxyl groups is 1. The standard InChI is InChI=1S/C12H17BrN2O/c1-14-7-9-2-3-10(6-12(9)13)15-5-4-11(16)8-15/h2-3,6,11,14,16H,4-5,7-8H2,1H3. The second-order valence-electron chi connectivity index (χ2n) is 4.19. The van der Waals surface area contributed by atoms with Crippen LogP contribution in [0.3, 0.4) is 0 Å². The molecule has 16 heavy (non-hydrogen) atoms. The normalized spacial score (nSPS) is 20.4. The van der Waals surface area contributed by atoms with Crippen LogP contribution in [0.5, 0.6) is 0 Å². The molecule has 2 rings (SSSR count). The van der Waals surface area contributed by atoms with Crippen LogP contribution in [-0.4, -0.2) is 31.3 Å². The highest BCUT2D eigenvalue weighted by Gasteiger charge is 2.20. The number of benzene rings is 1. The van der Waals surface area contributed by atoms with E-state index in [4.69, 9.17) is 0 Å². The van der Waals surface area contributed by atoms with Crippen molar-refractivity contribution in [1.29, 1.82) is 0 Å². The van der Waals surface area contributed by atoms with Gasteiger partial charge in [0.05, 0.1) is 6.10 Å². The molecule has 1 heterocycles. The Bertz CT molecular complexity index is 370. The number of hydrogen-bond acceptors (Lipinski definition) is 3. The van der Waals surface area contributed by atoms with E-state index in [0.29, 0.717) is 0 Å². The molecule has 0 aromatic heterocycles. The molecule has 0 aliphatic carbocycles. The Kier molecular flexibility index (Phi) is 3.84. The summed E-state index contributed by atoms with van der Waals surface area (Å²) >= 11 is 3.58. The molecule has 4 heteroatoms. The van der Waals surface area contributed by atoms with Gasteiger partial charge in [-0.3, -0.25) is 0 Å². The monoisotopic (exact) mass is 284 g/mol. The maximum Gasteiger partial charge on any atom is 0.0731 e. The van der Waals surface area contributed by atoms with Crippen LogP contribution in [0.2, 0.25) is 0 Å². The number of rotatable bonds is 3. The van der Waals surface area contributed by atoms with E-state index in [-0.39, 0.29) is 6.10 Å². The van der Waals surface area contributed by atoms with Crippen LogP contribution in [-0.2, 0) is 6.54 Å². The van der Waals surface area contributed by atoms with Crippen molar-refractivity contribution in [3.63, 3.8) is 0 Å². The molecule has 0 spiro atoms. The van der Waals surface area contributed by atoms with E-state index in [1.165, 1.54) is 11.3 Å². The van der Waals surface area contributed by atoms with Gasteiger partial charge in [0.25, 0.3) is 0 Å². The Labute approximate surface area is 105 Å². The van der Waals surface area contributed by atoms with E-state index in [0.717, 1.165) is 30.5 Å². The van der Waals surface area contributed by atoms with Gasteiger partial charge in [-0.15, -0.1) is 0 Å². The SMILES string of the molecule is CNCc1ccc(N2CCC(O)C2)cc1Br. The van der Waals surface area contributed by atoms with Crippen molar-refractivity contribution in [2.45, 2.75) is 19.1 Å². The first kappa shape index (κ1) is 11.9. The molecule has 1 aliphatic rings. The van der Waals surface area contributed by atoms with Crippen LogP contribution in [0.4, 0.5) is 5.69 Å². The quantitative estimate of drug-likeness (QED) is 0.888. The molecule has 1 aromatic rings. The van der Waals surface area contributed by atoms with Crippen LogP contribution < -0.4 is 10.2 Å². The smallest absolute Gasteiger partial charge is 0.0731 e. The first-order valence-corrected chi connectivity index (χ1v) is 6.36. The van der Waals surface area contributed by atoms with Gasteiger partial charge in [-0.2, -0.15) is 0 Å². The zero-order valence-electron chi connectivity index (χ0n) is 9.41. The predicted molar refractivity (Wildman–Crippen MR) is 69.7 cm³/mol. The van der Waals surface area contributed by atoms with Crippen LogP contribution >= 0.6 is 15.9 Å². The van der Waals surface area contributed by atoms with Gasteiger partial charge in [0, 0.05) is 29.8 Å². The fourth-order valence-corrected chi connectivity index (χ4v) is 2.55. The van der Waals surface area contributed by atoms with Gasteiger partial charge < -0.3 is 15.3 Å². The van der Waals surface area contributed by atoms with Gasteiger partial charge >= 0.3 is 0 Å². The third kappa shape index (κ3) is 2.56. The highest BCUT2D eigenvalue weighted by Crippen LogP contribution is 2.26. The zero-order valence-corrected chi connectivity index (χ0v) is 11.0. The second kappa shape index (κ2) is 5.17. The minimum atomic E-state index is -0.171. The van der Waals surface area contributed by atoms with E-state index in [2.05, 4.69) is 44.3 Å². The Morgan fingerprint density at radius 3 is 2.94 bits per heavy atom. The summed E-state index contributed by atoms with van der Waals surface area (Å²) in [4.78, 5) is 2.22. The summed E-state index contributed by atoms with van der Waals surface area (Å²) in [5.41, 5.74) is 2.44. The maximum absolute atomic E-state index is 9.51. The molecule has 2 N–H and O–H groups in total. The van der Waals surface area contributed by atoms with E-state index >= 15 is 0 Å². The van der Waals surface area contributed by atoms with Gasteiger partial charge in [0.2, 0.25) is 0 Å². The fraction of sp³-hybridized carbons (Fsp3) is 0.500. The Morgan fingerprint density at radius 1 is 1.56 bits per heavy atom. The highest BCUT2D eigenvalue weighted by molar-refractivity contribution is 9.10. The molecule has 1 aromatic carbocycles. The summed E-state index contributed by atoms with van der Waals surface area (Å²) in [5, 5.41) is 12.6. The minimum Gasteiger partial charge on any atom is -0.391 e. The van der Waals surface area contributed by atoms with Crippen LogP contribution in [0.1, 0.15) is 12.0 Å². The molecule has 88 valence electrons. The third-order valence-electron chi connectivity index (χ3n) is 2.93. The molecule has 1 saturated heterocycles. The molecular weight excluding hydrogens is 268 g/mol. The van der Waals surface area contributed by atoms with Crippen molar-refractivity contribution < 1.29 is 5.11 Å². The van der Waals surface area contributed by atoms with Crippen molar-refractivity contribution in [1.82, 2.24) is 5.32 Å². The molecule has 1 aliphatic heterocycles. The van der Waals surface area contributed by atoms with E-state index in [1.807, 2.05) is 7.05 Å². The van der Waals surface area contributed by atoms with Crippen molar-refractivity contribution >= 4 is 21.6 Å². The minimum absolute atomic E-state index is 0.171.